The van der Waals surface area contributed by atoms with E-state index in [2.05, 4.69) is 5.32 Å². The van der Waals surface area contributed by atoms with Gasteiger partial charge in [-0.05, 0) is 42.0 Å². The molecule has 0 aliphatic carbocycles. The van der Waals surface area contributed by atoms with E-state index in [1.165, 1.54) is 48.5 Å². The molecule has 0 unspecified atom stereocenters. The van der Waals surface area contributed by atoms with Gasteiger partial charge in [0, 0.05) is 5.69 Å². The number of carboxylic acids is 1. The summed E-state index contributed by atoms with van der Waals surface area (Å²) in [5.41, 5.74) is 0.831. The molecule has 7 heteroatoms. The Bertz CT molecular complexity index is 802. The van der Waals surface area contributed by atoms with Crippen molar-refractivity contribution in [3.63, 3.8) is 0 Å². The van der Waals surface area contributed by atoms with Gasteiger partial charge < -0.3 is 15.2 Å². The van der Waals surface area contributed by atoms with Crippen LogP contribution in [0.2, 0.25) is 0 Å². The van der Waals surface area contributed by atoms with E-state index in [1.807, 2.05) is 0 Å². The van der Waals surface area contributed by atoms with Gasteiger partial charge >= 0.3 is 0 Å². The number of nitrogens with zero attached hydrogens (tertiary/aromatic N) is 1. The number of halogens is 1. The zero-order valence-electron chi connectivity index (χ0n) is 12.4. The largest absolute Gasteiger partial charge is 0.545 e. The predicted molar refractivity (Wildman–Crippen MR) is 81.7 cm³/mol. The van der Waals surface area contributed by atoms with Crippen LogP contribution in [0, 0.1) is 5.82 Å². The number of benzene rings is 2. The Labute approximate surface area is 136 Å². The zero-order valence-corrected chi connectivity index (χ0v) is 12.4. The fraction of sp³-hybridized carbons (Fsp3) is 0.118. The second-order valence-electron chi connectivity index (χ2n) is 5.31. The van der Waals surface area contributed by atoms with Gasteiger partial charge in [0.05, 0.1) is 18.1 Å². The molecular weight excluding hydrogens is 315 g/mol. The highest BCUT2D eigenvalue weighted by molar-refractivity contribution is 6.23. The molecule has 1 fully saturated rings. The van der Waals surface area contributed by atoms with Gasteiger partial charge in [0.1, 0.15) is 11.9 Å². The van der Waals surface area contributed by atoms with Crippen LogP contribution >= 0.6 is 0 Å². The van der Waals surface area contributed by atoms with Crippen molar-refractivity contribution in [2.45, 2.75) is 12.5 Å². The van der Waals surface area contributed by atoms with Crippen molar-refractivity contribution in [2.24, 2.45) is 0 Å². The van der Waals surface area contributed by atoms with Crippen molar-refractivity contribution in [3.8, 4) is 0 Å². The molecule has 1 atom stereocenters. The van der Waals surface area contributed by atoms with Crippen molar-refractivity contribution >= 4 is 29.2 Å². The molecule has 0 spiro atoms. The minimum absolute atomic E-state index is 0.0160. The molecule has 1 heterocycles. The number of rotatable bonds is 4. The van der Waals surface area contributed by atoms with E-state index >= 15 is 0 Å². The second-order valence-corrected chi connectivity index (χ2v) is 5.31. The lowest BCUT2D eigenvalue weighted by Crippen LogP contribution is -2.34. The van der Waals surface area contributed by atoms with Gasteiger partial charge in [-0.1, -0.05) is 12.1 Å². The number of carboxylic acid groups (broad SMARTS) is 1. The van der Waals surface area contributed by atoms with E-state index in [-0.39, 0.29) is 12.0 Å². The highest BCUT2D eigenvalue weighted by Gasteiger charge is 2.39. The first-order valence-corrected chi connectivity index (χ1v) is 7.16. The standard InChI is InChI=1S/C17H13FN2O4/c18-11-3-7-13(8-4-11)20-15(21)9-14(16(20)22)19-12-5-1-10(2-6-12)17(23)24/h1-8,14,19H,9H2,(H,23,24)/p-1/t14-/m0/s1. The Morgan fingerprint density at radius 3 is 2.29 bits per heavy atom. The summed E-state index contributed by atoms with van der Waals surface area (Å²) in [7, 11) is 0. The molecule has 1 aliphatic rings. The lowest BCUT2D eigenvalue weighted by molar-refractivity contribution is -0.255. The van der Waals surface area contributed by atoms with Crippen LogP contribution in [0.5, 0.6) is 0 Å². The third-order valence-corrected chi connectivity index (χ3v) is 3.69. The summed E-state index contributed by atoms with van der Waals surface area (Å²) in [5.74, 6) is -2.59. The SMILES string of the molecule is O=C([O-])c1ccc(N[C@H]2CC(=O)N(c3ccc(F)cc3)C2=O)cc1. The lowest BCUT2D eigenvalue weighted by atomic mass is 10.2. The molecule has 3 rings (SSSR count). The van der Waals surface area contributed by atoms with Crippen LogP contribution in [0.25, 0.3) is 0 Å². The molecule has 122 valence electrons. The number of hydrogen-bond donors (Lipinski definition) is 1. The molecule has 0 saturated carbocycles. The Hall–Kier alpha value is -3.22. The second kappa shape index (κ2) is 6.11. The topological polar surface area (TPSA) is 89.5 Å². The van der Waals surface area contributed by atoms with Gasteiger partial charge in [-0.3, -0.25) is 9.59 Å². The molecule has 2 amide bonds. The van der Waals surface area contributed by atoms with Crippen LogP contribution in [0.15, 0.2) is 48.5 Å². The maximum atomic E-state index is 13.0. The van der Waals surface area contributed by atoms with Crippen molar-refractivity contribution in [3.05, 3.63) is 59.9 Å². The van der Waals surface area contributed by atoms with Gasteiger partial charge in [0.25, 0.3) is 5.91 Å². The van der Waals surface area contributed by atoms with E-state index in [0.717, 1.165) is 4.90 Å². The van der Waals surface area contributed by atoms with Crippen molar-refractivity contribution in [1.29, 1.82) is 0 Å². The van der Waals surface area contributed by atoms with Crippen LogP contribution in [0.4, 0.5) is 15.8 Å². The summed E-state index contributed by atoms with van der Waals surface area (Å²) in [6.45, 7) is 0. The number of aromatic carboxylic acids is 1. The molecule has 0 aromatic heterocycles. The molecule has 2 aromatic rings. The Morgan fingerprint density at radius 2 is 1.71 bits per heavy atom. The molecule has 0 radical (unpaired) electrons. The van der Waals surface area contributed by atoms with E-state index in [9.17, 15) is 23.9 Å². The van der Waals surface area contributed by atoms with E-state index in [0.29, 0.717) is 11.4 Å². The molecule has 24 heavy (non-hydrogen) atoms. The Balaban J connectivity index is 1.76. The van der Waals surface area contributed by atoms with Crippen LogP contribution in [-0.4, -0.2) is 23.8 Å². The summed E-state index contributed by atoms with van der Waals surface area (Å²) in [5, 5.41) is 13.6. The molecule has 1 N–H and O–H groups in total. The smallest absolute Gasteiger partial charge is 0.256 e. The number of anilines is 2. The summed E-state index contributed by atoms with van der Waals surface area (Å²) >= 11 is 0. The molecular formula is C17H12FN2O4-. The van der Waals surface area contributed by atoms with E-state index in [1.54, 1.807) is 0 Å². The number of imide groups is 1. The number of nitrogens with one attached hydrogen (secondary N) is 1. The first kappa shape index (κ1) is 15.7. The fourth-order valence-electron chi connectivity index (χ4n) is 2.51. The minimum atomic E-state index is -1.30. The first-order chi connectivity index (χ1) is 11.5. The van der Waals surface area contributed by atoms with Crippen LogP contribution < -0.4 is 15.3 Å². The summed E-state index contributed by atoms with van der Waals surface area (Å²) in [6.07, 6.45) is -0.0432. The first-order valence-electron chi connectivity index (χ1n) is 7.16. The summed E-state index contributed by atoms with van der Waals surface area (Å²) in [6, 6.07) is 9.98. The molecule has 0 bridgehead atoms. The maximum absolute atomic E-state index is 13.0. The minimum Gasteiger partial charge on any atom is -0.545 e. The Kier molecular flexibility index (Phi) is 3.99. The highest BCUT2D eigenvalue weighted by atomic mass is 19.1. The van der Waals surface area contributed by atoms with Gasteiger partial charge in [0.2, 0.25) is 5.91 Å². The molecule has 1 saturated heterocycles. The average Bonchev–Trinajstić information content (AvgIpc) is 2.83. The van der Waals surface area contributed by atoms with Gasteiger partial charge in [-0.25, -0.2) is 9.29 Å². The van der Waals surface area contributed by atoms with Gasteiger partial charge in [0.15, 0.2) is 0 Å². The quantitative estimate of drug-likeness (QED) is 0.844. The average molecular weight is 327 g/mol. The van der Waals surface area contributed by atoms with Crippen molar-refractivity contribution < 1.29 is 23.9 Å². The van der Waals surface area contributed by atoms with Gasteiger partial charge in [-0.15, -0.1) is 0 Å². The Morgan fingerprint density at radius 1 is 1.08 bits per heavy atom. The third kappa shape index (κ3) is 2.96. The molecule has 1 aliphatic heterocycles. The number of amides is 2. The summed E-state index contributed by atoms with van der Waals surface area (Å²) < 4.78 is 13.0. The number of hydrogen-bond acceptors (Lipinski definition) is 5. The summed E-state index contributed by atoms with van der Waals surface area (Å²) in [4.78, 5) is 36.2. The lowest BCUT2D eigenvalue weighted by Gasteiger charge is -2.16. The predicted octanol–water partition coefficient (Wildman–Crippen LogP) is 0.933. The normalized spacial score (nSPS) is 17.2. The molecule has 2 aromatic carbocycles. The maximum Gasteiger partial charge on any atom is 0.256 e. The van der Waals surface area contributed by atoms with Crippen LogP contribution in [0.1, 0.15) is 16.8 Å². The zero-order chi connectivity index (χ0) is 17.3. The molecule has 6 nitrogen and oxygen atoms in total. The van der Waals surface area contributed by atoms with Crippen LogP contribution in [-0.2, 0) is 9.59 Å². The number of carbonyl (C=O) groups is 3. The van der Waals surface area contributed by atoms with Crippen molar-refractivity contribution in [2.75, 3.05) is 10.2 Å². The van der Waals surface area contributed by atoms with Gasteiger partial charge in [-0.2, -0.15) is 0 Å². The monoisotopic (exact) mass is 327 g/mol. The fourth-order valence-corrected chi connectivity index (χ4v) is 2.51. The number of carbonyl (C=O) groups excluding carboxylic acids is 3. The van der Waals surface area contributed by atoms with Crippen molar-refractivity contribution in [1.82, 2.24) is 0 Å². The van der Waals surface area contributed by atoms with Crippen LogP contribution in [0.3, 0.4) is 0 Å². The highest BCUT2D eigenvalue weighted by Crippen LogP contribution is 2.25. The van der Waals surface area contributed by atoms with E-state index < -0.39 is 29.6 Å². The van der Waals surface area contributed by atoms with E-state index in [4.69, 9.17) is 0 Å². The third-order valence-electron chi connectivity index (χ3n) is 3.69.